The van der Waals surface area contributed by atoms with Crippen molar-refractivity contribution in [3.8, 4) is 0 Å². The minimum absolute atomic E-state index is 0.303. The summed E-state index contributed by atoms with van der Waals surface area (Å²) in [6.45, 7) is 3.96. The number of carboxylic acids is 1. The molecule has 0 radical (unpaired) electrons. The highest BCUT2D eigenvalue weighted by Crippen LogP contribution is 2.39. The zero-order chi connectivity index (χ0) is 15.1. The normalized spacial score (nSPS) is 29.6. The van der Waals surface area contributed by atoms with Gasteiger partial charge in [0.25, 0.3) is 0 Å². The maximum absolute atomic E-state index is 12.4. The Bertz CT molecular complexity index is 637. The number of aryl methyl sites for hydroxylation is 2. The number of aliphatic carboxylic acids is 1. The molecule has 1 aromatic carbocycles. The third kappa shape index (κ3) is 2.34. The maximum atomic E-state index is 12.4. The lowest BCUT2D eigenvalue weighted by Crippen LogP contribution is -2.39. The van der Waals surface area contributed by atoms with Crippen molar-refractivity contribution >= 4 is 17.6 Å². The molecule has 0 aliphatic carbocycles. The Morgan fingerprint density at radius 3 is 2.38 bits per heavy atom. The van der Waals surface area contributed by atoms with Crippen LogP contribution in [-0.2, 0) is 14.3 Å². The first kappa shape index (κ1) is 13.8. The Hall–Kier alpha value is -2.14. The van der Waals surface area contributed by atoms with E-state index in [1.165, 1.54) is 0 Å². The van der Waals surface area contributed by atoms with Gasteiger partial charge in [-0.25, -0.2) is 0 Å². The van der Waals surface area contributed by atoms with Crippen molar-refractivity contribution in [2.24, 2.45) is 11.8 Å². The van der Waals surface area contributed by atoms with E-state index in [1.807, 2.05) is 32.0 Å². The largest absolute Gasteiger partial charge is 0.481 e. The molecule has 5 nitrogen and oxygen atoms in total. The molecule has 3 rings (SSSR count). The first-order valence-electron chi connectivity index (χ1n) is 6.92. The molecule has 2 aliphatic rings. The zero-order valence-electron chi connectivity index (χ0n) is 11.9. The molecule has 1 amide bonds. The van der Waals surface area contributed by atoms with Crippen LogP contribution in [0.2, 0.25) is 0 Å². The van der Waals surface area contributed by atoms with Crippen LogP contribution in [0.3, 0.4) is 0 Å². The van der Waals surface area contributed by atoms with Gasteiger partial charge in [-0.3, -0.25) is 9.59 Å². The van der Waals surface area contributed by atoms with Gasteiger partial charge in [-0.15, -0.1) is 0 Å². The molecule has 2 bridgehead atoms. The van der Waals surface area contributed by atoms with Crippen molar-refractivity contribution < 1.29 is 19.4 Å². The lowest BCUT2D eigenvalue weighted by molar-refractivity contribution is -0.145. The molecule has 1 saturated heterocycles. The van der Waals surface area contributed by atoms with Crippen molar-refractivity contribution in [1.82, 2.24) is 0 Å². The van der Waals surface area contributed by atoms with E-state index in [2.05, 4.69) is 5.32 Å². The number of hydrogen-bond donors (Lipinski definition) is 2. The predicted molar refractivity (Wildman–Crippen MR) is 77.0 cm³/mol. The summed E-state index contributed by atoms with van der Waals surface area (Å²) in [6.07, 6.45) is 2.56. The number of carbonyl (C=O) groups excluding carboxylic acids is 1. The van der Waals surface area contributed by atoms with E-state index in [0.717, 1.165) is 11.1 Å². The standard InChI is InChI=1S/C16H17NO4/c1-8-3-4-10(7-9(8)2)17-15(18)13-11-5-6-12(21-11)14(13)16(19)20/h3-7,11-14H,1-2H3,(H,17,18)(H,19,20)/t11-,12-,13+,14-/m0/s1. The molecule has 21 heavy (non-hydrogen) atoms. The number of amides is 1. The number of ether oxygens (including phenoxy) is 1. The van der Waals surface area contributed by atoms with Crippen LogP contribution >= 0.6 is 0 Å². The molecule has 0 spiro atoms. The molecule has 0 aromatic heterocycles. The number of carboxylic acid groups (broad SMARTS) is 1. The third-order valence-corrected chi connectivity index (χ3v) is 4.26. The summed E-state index contributed by atoms with van der Waals surface area (Å²) < 4.78 is 5.51. The van der Waals surface area contributed by atoms with E-state index < -0.39 is 30.0 Å². The molecule has 2 heterocycles. The van der Waals surface area contributed by atoms with Gasteiger partial charge in [0.05, 0.1) is 18.1 Å². The Balaban J connectivity index is 1.80. The van der Waals surface area contributed by atoms with Crippen LogP contribution in [0.25, 0.3) is 0 Å². The summed E-state index contributed by atoms with van der Waals surface area (Å²) >= 11 is 0. The summed E-state index contributed by atoms with van der Waals surface area (Å²) in [5.74, 6) is -2.79. The molecule has 0 saturated carbocycles. The van der Waals surface area contributed by atoms with Gasteiger partial charge in [0.1, 0.15) is 5.92 Å². The highest BCUT2D eigenvalue weighted by Gasteiger charge is 2.53. The average molecular weight is 287 g/mol. The number of hydrogen-bond acceptors (Lipinski definition) is 3. The van der Waals surface area contributed by atoms with Gasteiger partial charge in [-0.1, -0.05) is 18.2 Å². The lowest BCUT2D eigenvalue weighted by atomic mass is 9.82. The molecule has 4 atom stereocenters. The number of anilines is 1. The van der Waals surface area contributed by atoms with Gasteiger partial charge in [-0.05, 0) is 37.1 Å². The number of benzene rings is 1. The highest BCUT2D eigenvalue weighted by molar-refractivity contribution is 5.96. The second kappa shape index (κ2) is 5.00. The lowest BCUT2D eigenvalue weighted by Gasteiger charge is -2.21. The fourth-order valence-electron chi connectivity index (χ4n) is 2.96. The van der Waals surface area contributed by atoms with Crippen LogP contribution in [0.1, 0.15) is 11.1 Å². The molecule has 2 N–H and O–H groups in total. The van der Waals surface area contributed by atoms with Gasteiger partial charge in [0, 0.05) is 5.69 Å². The predicted octanol–water partition coefficient (Wildman–Crippen LogP) is 1.90. The van der Waals surface area contributed by atoms with E-state index >= 15 is 0 Å². The molecule has 2 aliphatic heterocycles. The van der Waals surface area contributed by atoms with Crippen LogP contribution in [0.15, 0.2) is 30.4 Å². The van der Waals surface area contributed by atoms with Crippen LogP contribution in [-0.4, -0.2) is 29.2 Å². The Labute approximate surface area is 122 Å². The van der Waals surface area contributed by atoms with Gasteiger partial charge in [0.2, 0.25) is 5.91 Å². The molecule has 5 heteroatoms. The van der Waals surface area contributed by atoms with Gasteiger partial charge >= 0.3 is 5.97 Å². The van der Waals surface area contributed by atoms with Gasteiger partial charge in [-0.2, -0.15) is 0 Å². The second-order valence-electron chi connectivity index (χ2n) is 5.63. The Morgan fingerprint density at radius 1 is 1.10 bits per heavy atom. The first-order chi connectivity index (χ1) is 9.97. The van der Waals surface area contributed by atoms with Crippen LogP contribution in [0.4, 0.5) is 5.69 Å². The zero-order valence-corrected chi connectivity index (χ0v) is 11.9. The van der Waals surface area contributed by atoms with Crippen molar-refractivity contribution in [3.05, 3.63) is 41.5 Å². The van der Waals surface area contributed by atoms with E-state index in [4.69, 9.17) is 4.74 Å². The topological polar surface area (TPSA) is 75.6 Å². The van der Waals surface area contributed by atoms with Crippen molar-refractivity contribution in [2.45, 2.75) is 26.1 Å². The van der Waals surface area contributed by atoms with Crippen LogP contribution in [0.5, 0.6) is 0 Å². The van der Waals surface area contributed by atoms with Crippen molar-refractivity contribution in [1.29, 1.82) is 0 Å². The first-order valence-corrected chi connectivity index (χ1v) is 6.92. The monoisotopic (exact) mass is 287 g/mol. The van der Waals surface area contributed by atoms with E-state index in [9.17, 15) is 14.7 Å². The molecular weight excluding hydrogens is 270 g/mol. The summed E-state index contributed by atoms with van der Waals surface area (Å²) in [6, 6.07) is 5.63. The average Bonchev–Trinajstić information content (AvgIpc) is 3.03. The molecular formula is C16H17NO4. The third-order valence-electron chi connectivity index (χ3n) is 4.26. The minimum atomic E-state index is -0.993. The summed E-state index contributed by atoms with van der Waals surface area (Å²) in [5, 5.41) is 12.1. The molecule has 110 valence electrons. The summed E-state index contributed by atoms with van der Waals surface area (Å²) in [5.41, 5.74) is 2.90. The number of nitrogens with one attached hydrogen (secondary N) is 1. The van der Waals surface area contributed by atoms with Crippen LogP contribution < -0.4 is 5.32 Å². The van der Waals surface area contributed by atoms with Crippen molar-refractivity contribution in [3.63, 3.8) is 0 Å². The number of carbonyl (C=O) groups is 2. The highest BCUT2D eigenvalue weighted by atomic mass is 16.5. The van der Waals surface area contributed by atoms with E-state index in [1.54, 1.807) is 12.2 Å². The molecule has 0 unspecified atom stereocenters. The van der Waals surface area contributed by atoms with Crippen molar-refractivity contribution in [2.75, 3.05) is 5.32 Å². The Kier molecular flexibility index (Phi) is 3.29. The van der Waals surface area contributed by atoms with Gasteiger partial charge in [0.15, 0.2) is 0 Å². The molecule has 1 fully saturated rings. The second-order valence-corrected chi connectivity index (χ2v) is 5.63. The summed E-state index contributed by atoms with van der Waals surface area (Å²) in [4.78, 5) is 23.8. The smallest absolute Gasteiger partial charge is 0.310 e. The fraction of sp³-hybridized carbons (Fsp3) is 0.375. The molecule has 1 aromatic rings. The fourth-order valence-corrected chi connectivity index (χ4v) is 2.96. The minimum Gasteiger partial charge on any atom is -0.481 e. The maximum Gasteiger partial charge on any atom is 0.310 e. The van der Waals surface area contributed by atoms with E-state index in [0.29, 0.717) is 5.69 Å². The van der Waals surface area contributed by atoms with Crippen LogP contribution in [0, 0.1) is 25.7 Å². The summed E-state index contributed by atoms with van der Waals surface area (Å²) in [7, 11) is 0. The number of fused-ring (bicyclic) bond motifs is 2. The Morgan fingerprint density at radius 2 is 1.76 bits per heavy atom. The SMILES string of the molecule is Cc1ccc(NC(=O)[C@H]2[C@@H](C(=O)O)[C@@H]3C=C[C@@H]2O3)cc1C. The van der Waals surface area contributed by atoms with E-state index in [-0.39, 0.29) is 5.91 Å². The number of rotatable bonds is 3. The quantitative estimate of drug-likeness (QED) is 0.833. The van der Waals surface area contributed by atoms with Gasteiger partial charge < -0.3 is 15.2 Å².